The quantitative estimate of drug-likeness (QED) is 0.230. The van der Waals surface area contributed by atoms with Crippen LogP contribution in [0.25, 0.3) is 0 Å². The van der Waals surface area contributed by atoms with Crippen LogP contribution in [0.2, 0.25) is 0 Å². The summed E-state index contributed by atoms with van der Waals surface area (Å²) in [5, 5.41) is 6.37. The summed E-state index contributed by atoms with van der Waals surface area (Å²) in [5.41, 5.74) is 5.51. The molecule has 0 spiro atoms. The minimum Gasteiger partial charge on any atom is -0.494 e. The van der Waals surface area contributed by atoms with Crippen LogP contribution < -0.4 is 25.0 Å². The van der Waals surface area contributed by atoms with Gasteiger partial charge in [-0.25, -0.2) is 5.43 Å². The van der Waals surface area contributed by atoms with Crippen molar-refractivity contribution in [3.63, 3.8) is 0 Å². The van der Waals surface area contributed by atoms with E-state index in [1.807, 2.05) is 38.1 Å². The molecule has 0 aromatic heterocycles. The Labute approximate surface area is 212 Å². The van der Waals surface area contributed by atoms with Gasteiger partial charge >= 0.3 is 11.8 Å². The summed E-state index contributed by atoms with van der Waals surface area (Å²) in [6, 6.07) is 18.2. The second-order valence-corrected chi connectivity index (χ2v) is 8.21. The van der Waals surface area contributed by atoms with Crippen molar-refractivity contribution in [3.8, 4) is 17.2 Å². The van der Waals surface area contributed by atoms with Gasteiger partial charge in [0, 0.05) is 5.69 Å². The van der Waals surface area contributed by atoms with Crippen LogP contribution in [0, 0.1) is 6.92 Å². The molecule has 182 valence electrons. The largest absolute Gasteiger partial charge is 0.494 e. The summed E-state index contributed by atoms with van der Waals surface area (Å²) >= 11 is 3.50. The molecule has 3 rings (SSSR count). The molecule has 3 aromatic carbocycles. The lowest BCUT2D eigenvalue weighted by molar-refractivity contribution is -0.136. The van der Waals surface area contributed by atoms with Crippen molar-refractivity contribution in [3.05, 3.63) is 81.8 Å². The number of ether oxygens (including phenoxy) is 3. The first kappa shape index (κ1) is 25.8. The molecule has 0 aliphatic rings. The zero-order valence-electron chi connectivity index (χ0n) is 19.6. The van der Waals surface area contributed by atoms with Gasteiger partial charge in [0.2, 0.25) is 0 Å². The number of carbonyl (C=O) groups is 2. The third kappa shape index (κ3) is 7.31. The number of hydrogen-bond donors (Lipinski definition) is 2. The molecule has 35 heavy (non-hydrogen) atoms. The van der Waals surface area contributed by atoms with E-state index in [4.69, 9.17) is 14.2 Å². The van der Waals surface area contributed by atoms with E-state index in [-0.39, 0.29) is 0 Å². The number of methoxy groups -OCH3 is 1. The number of amides is 2. The summed E-state index contributed by atoms with van der Waals surface area (Å²) in [7, 11) is 1.54. The van der Waals surface area contributed by atoms with Crippen LogP contribution in [0.5, 0.6) is 17.2 Å². The highest BCUT2D eigenvalue weighted by Gasteiger charge is 2.14. The fourth-order valence-corrected chi connectivity index (χ4v) is 3.66. The van der Waals surface area contributed by atoms with E-state index in [2.05, 4.69) is 31.8 Å². The average Bonchev–Trinajstić information content (AvgIpc) is 2.85. The Morgan fingerprint density at radius 2 is 1.77 bits per heavy atom. The number of anilines is 1. The number of nitrogens with zero attached hydrogens (tertiary/aromatic N) is 1. The first-order valence-corrected chi connectivity index (χ1v) is 11.6. The van der Waals surface area contributed by atoms with Crippen molar-refractivity contribution in [2.45, 2.75) is 20.5 Å². The zero-order chi connectivity index (χ0) is 25.2. The number of aryl methyl sites for hydroxylation is 1. The molecule has 0 unspecified atom stereocenters. The highest BCUT2D eigenvalue weighted by molar-refractivity contribution is 9.10. The molecule has 0 bridgehead atoms. The van der Waals surface area contributed by atoms with Gasteiger partial charge in [-0.1, -0.05) is 24.3 Å². The van der Waals surface area contributed by atoms with Gasteiger partial charge in [-0.3, -0.25) is 9.59 Å². The van der Waals surface area contributed by atoms with Crippen molar-refractivity contribution < 1.29 is 23.8 Å². The van der Waals surface area contributed by atoms with Gasteiger partial charge in [-0.2, -0.15) is 5.10 Å². The van der Waals surface area contributed by atoms with Crippen LogP contribution in [0.15, 0.2) is 70.2 Å². The lowest BCUT2D eigenvalue weighted by atomic mass is 10.1. The highest BCUT2D eigenvalue weighted by Crippen LogP contribution is 2.37. The van der Waals surface area contributed by atoms with Crippen molar-refractivity contribution in [2.24, 2.45) is 5.10 Å². The van der Waals surface area contributed by atoms with E-state index in [0.29, 0.717) is 46.2 Å². The Morgan fingerprint density at radius 1 is 1.03 bits per heavy atom. The van der Waals surface area contributed by atoms with E-state index in [1.54, 1.807) is 36.4 Å². The number of rotatable bonds is 9. The SMILES string of the molecule is CCOc1ccc(NC(=O)C(=O)NN=Cc2cc(Br)c(OCc3ccccc3C)c(OC)c2)cc1. The van der Waals surface area contributed by atoms with Crippen LogP contribution in [0.4, 0.5) is 5.69 Å². The van der Waals surface area contributed by atoms with Gasteiger partial charge < -0.3 is 19.5 Å². The summed E-state index contributed by atoms with van der Waals surface area (Å²) in [5.74, 6) is -0.0299. The molecule has 2 amide bonds. The molecular formula is C26H26BrN3O5. The van der Waals surface area contributed by atoms with Gasteiger partial charge in [0.1, 0.15) is 12.4 Å². The standard InChI is InChI=1S/C26H26BrN3O5/c1-4-34-21-11-9-20(10-12-21)29-25(31)26(32)30-28-15-18-13-22(27)24(23(14-18)33-3)35-16-19-8-6-5-7-17(19)2/h5-15H,4,16H2,1-3H3,(H,29,31)(H,30,32). The fourth-order valence-electron chi connectivity index (χ4n) is 3.08. The lowest BCUT2D eigenvalue weighted by Gasteiger charge is -2.14. The molecular weight excluding hydrogens is 514 g/mol. The Hall–Kier alpha value is -3.85. The van der Waals surface area contributed by atoms with Crippen molar-refractivity contribution >= 4 is 39.6 Å². The minimum atomic E-state index is -0.903. The van der Waals surface area contributed by atoms with Crippen molar-refractivity contribution in [1.29, 1.82) is 0 Å². The molecule has 0 fully saturated rings. The van der Waals surface area contributed by atoms with Gasteiger partial charge in [0.25, 0.3) is 0 Å². The van der Waals surface area contributed by atoms with E-state index >= 15 is 0 Å². The maximum atomic E-state index is 12.1. The zero-order valence-corrected chi connectivity index (χ0v) is 21.2. The van der Waals surface area contributed by atoms with Crippen LogP contribution in [-0.2, 0) is 16.2 Å². The number of benzene rings is 3. The average molecular weight is 540 g/mol. The Balaban J connectivity index is 1.59. The highest BCUT2D eigenvalue weighted by atomic mass is 79.9. The molecule has 0 saturated heterocycles. The molecule has 8 nitrogen and oxygen atoms in total. The summed E-state index contributed by atoms with van der Waals surface area (Å²) in [4.78, 5) is 24.2. The molecule has 9 heteroatoms. The fraction of sp³-hybridized carbons (Fsp3) is 0.192. The van der Waals surface area contributed by atoms with Gasteiger partial charge in [0.15, 0.2) is 11.5 Å². The van der Waals surface area contributed by atoms with Crippen LogP contribution in [0.1, 0.15) is 23.6 Å². The minimum absolute atomic E-state index is 0.384. The number of carbonyl (C=O) groups excluding carboxylic acids is 2. The molecule has 0 aliphatic heterocycles. The third-order valence-corrected chi connectivity index (χ3v) is 5.48. The second kappa shape index (κ2) is 12.6. The molecule has 0 saturated carbocycles. The smallest absolute Gasteiger partial charge is 0.329 e. The first-order chi connectivity index (χ1) is 16.9. The summed E-state index contributed by atoms with van der Waals surface area (Å²) in [6.45, 7) is 4.83. The first-order valence-electron chi connectivity index (χ1n) is 10.8. The maximum Gasteiger partial charge on any atom is 0.329 e. The van der Waals surface area contributed by atoms with E-state index < -0.39 is 11.8 Å². The molecule has 0 radical (unpaired) electrons. The van der Waals surface area contributed by atoms with Gasteiger partial charge in [-0.15, -0.1) is 0 Å². The summed E-state index contributed by atoms with van der Waals surface area (Å²) < 4.78 is 17.5. The Bertz CT molecular complexity index is 1210. The van der Waals surface area contributed by atoms with Crippen LogP contribution in [-0.4, -0.2) is 31.7 Å². The van der Waals surface area contributed by atoms with Crippen LogP contribution >= 0.6 is 15.9 Å². The molecule has 0 aliphatic carbocycles. The molecule has 0 atom stereocenters. The molecule has 0 heterocycles. The van der Waals surface area contributed by atoms with Gasteiger partial charge in [0.05, 0.1) is 24.4 Å². The van der Waals surface area contributed by atoms with Crippen LogP contribution in [0.3, 0.4) is 0 Å². The lowest BCUT2D eigenvalue weighted by Crippen LogP contribution is -2.32. The monoisotopic (exact) mass is 539 g/mol. The number of hydrogen-bond acceptors (Lipinski definition) is 6. The number of hydrazone groups is 1. The van der Waals surface area contributed by atoms with E-state index in [1.165, 1.54) is 13.3 Å². The third-order valence-electron chi connectivity index (χ3n) is 4.89. The maximum absolute atomic E-state index is 12.1. The number of halogens is 1. The topological polar surface area (TPSA) is 98.2 Å². The Morgan fingerprint density at radius 3 is 2.46 bits per heavy atom. The van der Waals surface area contributed by atoms with Crippen molar-refractivity contribution in [2.75, 3.05) is 19.0 Å². The van der Waals surface area contributed by atoms with E-state index in [0.717, 1.165) is 11.1 Å². The number of nitrogens with one attached hydrogen (secondary N) is 2. The normalized spacial score (nSPS) is 10.6. The molecule has 3 aromatic rings. The van der Waals surface area contributed by atoms with Gasteiger partial charge in [-0.05, 0) is 82.9 Å². The predicted octanol–water partition coefficient (Wildman–Crippen LogP) is 4.83. The Kier molecular flexibility index (Phi) is 9.25. The summed E-state index contributed by atoms with van der Waals surface area (Å²) in [6.07, 6.45) is 1.40. The predicted molar refractivity (Wildman–Crippen MR) is 138 cm³/mol. The second-order valence-electron chi connectivity index (χ2n) is 7.36. The molecule has 2 N–H and O–H groups in total. The van der Waals surface area contributed by atoms with Crippen molar-refractivity contribution in [1.82, 2.24) is 5.43 Å². The van der Waals surface area contributed by atoms with E-state index in [9.17, 15) is 9.59 Å².